The smallest absolute Gasteiger partial charge is 0.226 e. The van der Waals surface area contributed by atoms with Crippen molar-refractivity contribution in [2.45, 2.75) is 45.7 Å². The highest BCUT2D eigenvalue weighted by atomic mass is 16.5. The van der Waals surface area contributed by atoms with Gasteiger partial charge in [-0.3, -0.25) is 4.90 Å². The molecule has 0 aromatic carbocycles. The van der Waals surface area contributed by atoms with Gasteiger partial charge in [0.15, 0.2) is 0 Å². The minimum absolute atomic E-state index is 0.479. The molecule has 0 aliphatic heterocycles. The van der Waals surface area contributed by atoms with E-state index < -0.39 is 0 Å². The number of nitrogens with one attached hydrogen (secondary N) is 1. The summed E-state index contributed by atoms with van der Waals surface area (Å²) in [6.07, 6.45) is 2.66. The van der Waals surface area contributed by atoms with E-state index in [1.807, 2.05) is 19.9 Å². The molecule has 2 rings (SSSR count). The first-order valence-electron chi connectivity index (χ1n) is 7.04. The molecular formula is C14H24N4O. The summed E-state index contributed by atoms with van der Waals surface area (Å²) < 4.78 is 5.43. The highest BCUT2D eigenvalue weighted by molar-refractivity contribution is 5.30. The molecule has 1 aromatic heterocycles. The van der Waals surface area contributed by atoms with Crippen molar-refractivity contribution in [3.63, 3.8) is 0 Å². The molecule has 19 heavy (non-hydrogen) atoms. The number of nitrogens with zero attached hydrogens (tertiary/aromatic N) is 3. The van der Waals surface area contributed by atoms with Crippen LogP contribution in [-0.2, 0) is 0 Å². The van der Waals surface area contributed by atoms with Crippen molar-refractivity contribution in [3.8, 4) is 5.88 Å². The van der Waals surface area contributed by atoms with Gasteiger partial charge in [-0.2, -0.15) is 4.98 Å². The van der Waals surface area contributed by atoms with Crippen molar-refractivity contribution in [1.29, 1.82) is 0 Å². The standard InChI is InChI=1S/C14H24N4O/c1-5-19-13-8-10(2)16-14(17-13)15-9-11(3)18(4)12-6-7-12/h8,11-12H,5-7,9H2,1-4H3,(H,15,16,17). The predicted molar refractivity (Wildman–Crippen MR) is 76.7 cm³/mol. The summed E-state index contributed by atoms with van der Waals surface area (Å²) in [5.74, 6) is 1.29. The van der Waals surface area contributed by atoms with Gasteiger partial charge in [0.05, 0.1) is 6.61 Å². The van der Waals surface area contributed by atoms with E-state index in [0.29, 0.717) is 24.5 Å². The molecule has 1 aromatic rings. The van der Waals surface area contributed by atoms with Gasteiger partial charge in [-0.25, -0.2) is 4.98 Å². The van der Waals surface area contributed by atoms with Crippen LogP contribution in [0.1, 0.15) is 32.4 Å². The van der Waals surface area contributed by atoms with Gasteiger partial charge in [0, 0.05) is 30.4 Å². The molecule has 1 aliphatic rings. The van der Waals surface area contributed by atoms with Crippen LogP contribution in [0.5, 0.6) is 5.88 Å². The third-order valence-electron chi connectivity index (χ3n) is 3.50. The number of hydrogen-bond donors (Lipinski definition) is 1. The summed E-state index contributed by atoms with van der Waals surface area (Å²) in [7, 11) is 2.19. The molecule has 0 amide bonds. The predicted octanol–water partition coefficient (Wildman–Crippen LogP) is 2.08. The molecule has 1 atom stereocenters. The Labute approximate surface area is 115 Å². The number of ether oxygens (including phenoxy) is 1. The average molecular weight is 264 g/mol. The lowest BCUT2D eigenvalue weighted by Gasteiger charge is -2.24. The van der Waals surface area contributed by atoms with Crippen LogP contribution >= 0.6 is 0 Å². The summed E-state index contributed by atoms with van der Waals surface area (Å²) in [6, 6.07) is 3.11. The van der Waals surface area contributed by atoms with E-state index in [0.717, 1.165) is 18.3 Å². The molecule has 0 spiro atoms. The second-order valence-electron chi connectivity index (χ2n) is 5.23. The topological polar surface area (TPSA) is 50.3 Å². The zero-order chi connectivity index (χ0) is 13.8. The molecule has 1 aliphatic carbocycles. The molecule has 106 valence electrons. The molecule has 0 bridgehead atoms. The minimum atomic E-state index is 0.479. The molecule has 1 heterocycles. The largest absolute Gasteiger partial charge is 0.478 e. The SMILES string of the molecule is CCOc1cc(C)nc(NCC(C)N(C)C2CC2)n1. The van der Waals surface area contributed by atoms with Gasteiger partial charge in [0.2, 0.25) is 11.8 Å². The van der Waals surface area contributed by atoms with Gasteiger partial charge in [0.25, 0.3) is 0 Å². The summed E-state index contributed by atoms with van der Waals surface area (Å²) in [4.78, 5) is 11.2. The lowest BCUT2D eigenvalue weighted by atomic mass is 10.3. The van der Waals surface area contributed by atoms with E-state index in [4.69, 9.17) is 4.74 Å². The van der Waals surface area contributed by atoms with Gasteiger partial charge in [0.1, 0.15) is 0 Å². The van der Waals surface area contributed by atoms with Crippen LogP contribution in [0.4, 0.5) is 5.95 Å². The first-order chi connectivity index (χ1) is 9.10. The Balaban J connectivity index is 1.90. The molecule has 1 fully saturated rings. The zero-order valence-electron chi connectivity index (χ0n) is 12.3. The number of hydrogen-bond acceptors (Lipinski definition) is 5. The van der Waals surface area contributed by atoms with Crippen LogP contribution in [0.2, 0.25) is 0 Å². The van der Waals surface area contributed by atoms with E-state index in [9.17, 15) is 0 Å². The van der Waals surface area contributed by atoms with E-state index in [1.54, 1.807) is 0 Å². The Kier molecular flexibility index (Phi) is 4.58. The van der Waals surface area contributed by atoms with Crippen LogP contribution in [0.3, 0.4) is 0 Å². The molecule has 1 unspecified atom stereocenters. The lowest BCUT2D eigenvalue weighted by molar-refractivity contribution is 0.257. The summed E-state index contributed by atoms with van der Waals surface area (Å²) in [5, 5.41) is 3.30. The summed E-state index contributed by atoms with van der Waals surface area (Å²) >= 11 is 0. The Morgan fingerprint density at radius 1 is 1.47 bits per heavy atom. The first-order valence-corrected chi connectivity index (χ1v) is 7.04. The molecule has 0 saturated heterocycles. The quantitative estimate of drug-likeness (QED) is 0.817. The third-order valence-corrected chi connectivity index (χ3v) is 3.50. The number of anilines is 1. The number of rotatable bonds is 7. The zero-order valence-corrected chi connectivity index (χ0v) is 12.3. The minimum Gasteiger partial charge on any atom is -0.478 e. The highest BCUT2D eigenvalue weighted by Gasteiger charge is 2.28. The summed E-state index contributed by atoms with van der Waals surface area (Å²) in [5.41, 5.74) is 0.921. The molecule has 1 saturated carbocycles. The number of likely N-dealkylation sites (N-methyl/N-ethyl adjacent to an activating group) is 1. The van der Waals surface area contributed by atoms with Crippen molar-refractivity contribution in [1.82, 2.24) is 14.9 Å². The Morgan fingerprint density at radius 3 is 2.84 bits per heavy atom. The lowest BCUT2D eigenvalue weighted by Crippen LogP contribution is -2.36. The maximum absolute atomic E-state index is 5.43. The molecule has 0 radical (unpaired) electrons. The molecule has 1 N–H and O–H groups in total. The fraction of sp³-hybridized carbons (Fsp3) is 0.714. The van der Waals surface area contributed by atoms with Crippen molar-refractivity contribution in [3.05, 3.63) is 11.8 Å². The molecule has 5 heteroatoms. The van der Waals surface area contributed by atoms with Crippen LogP contribution in [0.25, 0.3) is 0 Å². The van der Waals surface area contributed by atoms with Gasteiger partial charge in [-0.1, -0.05) is 0 Å². The van der Waals surface area contributed by atoms with Crippen LogP contribution in [0, 0.1) is 6.92 Å². The van der Waals surface area contributed by atoms with E-state index >= 15 is 0 Å². The molecule has 5 nitrogen and oxygen atoms in total. The van der Waals surface area contributed by atoms with Crippen molar-refractivity contribution in [2.24, 2.45) is 0 Å². The average Bonchev–Trinajstić information content (AvgIpc) is 3.19. The van der Waals surface area contributed by atoms with E-state index in [2.05, 4.69) is 34.2 Å². The second-order valence-corrected chi connectivity index (χ2v) is 5.23. The van der Waals surface area contributed by atoms with Crippen LogP contribution in [0.15, 0.2) is 6.07 Å². The Hall–Kier alpha value is -1.36. The highest BCUT2D eigenvalue weighted by Crippen LogP contribution is 2.26. The summed E-state index contributed by atoms with van der Waals surface area (Å²) in [6.45, 7) is 7.61. The first kappa shape index (κ1) is 14.1. The maximum atomic E-state index is 5.43. The van der Waals surface area contributed by atoms with Crippen LogP contribution < -0.4 is 10.1 Å². The van der Waals surface area contributed by atoms with Gasteiger partial charge < -0.3 is 10.1 Å². The van der Waals surface area contributed by atoms with Crippen molar-refractivity contribution < 1.29 is 4.74 Å². The fourth-order valence-electron chi connectivity index (χ4n) is 2.07. The Bertz CT molecular complexity index is 420. The van der Waals surface area contributed by atoms with Gasteiger partial charge in [-0.05, 0) is 40.7 Å². The maximum Gasteiger partial charge on any atom is 0.226 e. The molecular weight excluding hydrogens is 240 g/mol. The fourth-order valence-corrected chi connectivity index (χ4v) is 2.07. The van der Waals surface area contributed by atoms with Crippen molar-refractivity contribution in [2.75, 3.05) is 25.5 Å². The number of aryl methyl sites for hydroxylation is 1. The third kappa shape index (κ3) is 4.06. The van der Waals surface area contributed by atoms with Crippen LogP contribution in [-0.4, -0.2) is 47.2 Å². The number of aromatic nitrogens is 2. The van der Waals surface area contributed by atoms with E-state index in [1.165, 1.54) is 12.8 Å². The second kappa shape index (κ2) is 6.19. The van der Waals surface area contributed by atoms with E-state index in [-0.39, 0.29) is 0 Å². The Morgan fingerprint density at radius 2 is 2.21 bits per heavy atom. The van der Waals surface area contributed by atoms with Gasteiger partial charge >= 0.3 is 0 Å². The van der Waals surface area contributed by atoms with Gasteiger partial charge in [-0.15, -0.1) is 0 Å². The monoisotopic (exact) mass is 264 g/mol. The van der Waals surface area contributed by atoms with Crippen molar-refractivity contribution >= 4 is 5.95 Å². The normalized spacial score (nSPS) is 16.5.